The topological polar surface area (TPSA) is 55.2 Å². The van der Waals surface area contributed by atoms with E-state index in [1.54, 1.807) is 44.8 Å². The molecule has 0 saturated heterocycles. The summed E-state index contributed by atoms with van der Waals surface area (Å²) in [7, 11) is 1.65. The van der Waals surface area contributed by atoms with Gasteiger partial charge in [-0.25, -0.2) is 0 Å². The average molecular weight is 306 g/mol. The number of methoxy groups -OCH3 is 1. The van der Waals surface area contributed by atoms with Crippen molar-refractivity contribution < 1.29 is 9.84 Å². The second-order valence-corrected chi connectivity index (χ2v) is 5.47. The minimum atomic E-state index is -1.15. The number of rotatable bonds is 4. The molecule has 4 nitrogen and oxygen atoms in total. The molecule has 0 bridgehead atoms. The molecule has 1 aromatic carbocycles. The van der Waals surface area contributed by atoms with Gasteiger partial charge in [0.25, 0.3) is 0 Å². The summed E-state index contributed by atoms with van der Waals surface area (Å²) in [6.45, 7) is 1.73. The molecule has 2 heterocycles. The molecule has 0 unspecified atom stereocenters. The normalized spacial score (nSPS) is 13.3. The van der Waals surface area contributed by atoms with Gasteiger partial charge in [0.1, 0.15) is 11.4 Å². The molecule has 116 valence electrons. The number of hydrogen-bond acceptors (Lipinski definition) is 4. The number of pyridine rings is 2. The summed E-state index contributed by atoms with van der Waals surface area (Å²) < 4.78 is 5.16. The number of hydrogen-bond donors (Lipinski definition) is 1. The maximum atomic E-state index is 10.8. The van der Waals surface area contributed by atoms with E-state index in [0.29, 0.717) is 5.69 Å². The summed E-state index contributed by atoms with van der Waals surface area (Å²) in [6, 6.07) is 15.2. The molecule has 0 spiro atoms. The lowest BCUT2D eigenvalue weighted by Gasteiger charge is -2.23. The third-order valence-electron chi connectivity index (χ3n) is 3.93. The number of benzene rings is 1. The Hall–Kier alpha value is -2.72. The van der Waals surface area contributed by atoms with Crippen molar-refractivity contribution in [2.24, 2.45) is 0 Å². The second-order valence-electron chi connectivity index (χ2n) is 5.47. The fraction of sp³-hybridized carbons (Fsp3) is 0.158. The van der Waals surface area contributed by atoms with Crippen molar-refractivity contribution in [3.05, 3.63) is 78.4 Å². The molecule has 23 heavy (non-hydrogen) atoms. The van der Waals surface area contributed by atoms with Crippen LogP contribution in [0, 0.1) is 0 Å². The lowest BCUT2D eigenvalue weighted by molar-refractivity contribution is 0.0973. The summed E-state index contributed by atoms with van der Waals surface area (Å²) in [6.07, 6.45) is 5.10. The maximum absolute atomic E-state index is 10.8. The highest BCUT2D eigenvalue weighted by molar-refractivity contribution is 5.63. The molecule has 3 aromatic rings. The summed E-state index contributed by atoms with van der Waals surface area (Å²) in [5, 5.41) is 10.8. The molecule has 0 aliphatic carbocycles. The highest BCUT2D eigenvalue weighted by Crippen LogP contribution is 2.29. The van der Waals surface area contributed by atoms with Gasteiger partial charge < -0.3 is 9.84 Å². The zero-order chi connectivity index (χ0) is 16.3. The average Bonchev–Trinajstić information content (AvgIpc) is 2.63. The minimum absolute atomic E-state index is 0.598. The van der Waals surface area contributed by atoms with Crippen molar-refractivity contribution in [1.82, 2.24) is 9.97 Å². The molecular weight excluding hydrogens is 288 g/mol. The molecule has 0 aliphatic heterocycles. The Kier molecular flexibility index (Phi) is 4.08. The van der Waals surface area contributed by atoms with Gasteiger partial charge in [0, 0.05) is 24.2 Å². The fourth-order valence-electron chi connectivity index (χ4n) is 2.46. The molecule has 1 N–H and O–H groups in total. The zero-order valence-electron chi connectivity index (χ0n) is 13.1. The van der Waals surface area contributed by atoms with Gasteiger partial charge in [0.05, 0.1) is 12.8 Å². The Morgan fingerprint density at radius 1 is 0.913 bits per heavy atom. The van der Waals surface area contributed by atoms with E-state index < -0.39 is 5.60 Å². The maximum Gasteiger partial charge on any atom is 0.129 e. The predicted molar refractivity (Wildman–Crippen MR) is 89.1 cm³/mol. The van der Waals surface area contributed by atoms with Gasteiger partial charge in [-0.15, -0.1) is 0 Å². The van der Waals surface area contributed by atoms with Crippen LogP contribution in [-0.2, 0) is 5.60 Å². The van der Waals surface area contributed by atoms with Crippen molar-refractivity contribution in [2.45, 2.75) is 12.5 Å². The number of ether oxygens (including phenoxy) is 1. The van der Waals surface area contributed by atoms with Gasteiger partial charge in [-0.05, 0) is 48.4 Å². The molecule has 0 fully saturated rings. The monoisotopic (exact) mass is 306 g/mol. The van der Waals surface area contributed by atoms with Crippen molar-refractivity contribution in [2.75, 3.05) is 7.11 Å². The van der Waals surface area contributed by atoms with Crippen LogP contribution in [0.1, 0.15) is 18.2 Å². The molecular formula is C19H18N2O2. The lowest BCUT2D eigenvalue weighted by atomic mass is 9.92. The summed E-state index contributed by atoms with van der Waals surface area (Å²) >= 11 is 0. The van der Waals surface area contributed by atoms with E-state index in [4.69, 9.17) is 4.74 Å². The number of aromatic nitrogens is 2. The van der Waals surface area contributed by atoms with E-state index in [9.17, 15) is 5.11 Å². The Morgan fingerprint density at radius 3 is 2.13 bits per heavy atom. The SMILES string of the molecule is COc1ccc(-c2ccc([C@@](C)(O)c3ccncc3)nc2)cc1. The Balaban J connectivity index is 1.89. The minimum Gasteiger partial charge on any atom is -0.497 e. The van der Waals surface area contributed by atoms with Crippen LogP contribution in [-0.4, -0.2) is 22.2 Å². The van der Waals surface area contributed by atoms with Gasteiger partial charge in [0.2, 0.25) is 0 Å². The smallest absolute Gasteiger partial charge is 0.129 e. The number of aliphatic hydroxyl groups is 1. The Labute approximate surface area is 135 Å². The third kappa shape index (κ3) is 3.07. The van der Waals surface area contributed by atoms with E-state index in [0.717, 1.165) is 22.4 Å². The van der Waals surface area contributed by atoms with Crippen LogP contribution in [0.25, 0.3) is 11.1 Å². The van der Waals surface area contributed by atoms with Crippen molar-refractivity contribution in [3.8, 4) is 16.9 Å². The van der Waals surface area contributed by atoms with Crippen LogP contribution in [0.2, 0.25) is 0 Å². The highest BCUT2D eigenvalue weighted by Gasteiger charge is 2.26. The van der Waals surface area contributed by atoms with E-state index in [-0.39, 0.29) is 0 Å². The van der Waals surface area contributed by atoms with E-state index in [1.807, 2.05) is 36.4 Å². The molecule has 2 aromatic heterocycles. The third-order valence-corrected chi connectivity index (χ3v) is 3.93. The van der Waals surface area contributed by atoms with Gasteiger partial charge in [-0.1, -0.05) is 18.2 Å². The molecule has 0 aliphatic rings. The largest absolute Gasteiger partial charge is 0.497 e. The molecule has 0 amide bonds. The Bertz CT molecular complexity index is 767. The first-order valence-electron chi connectivity index (χ1n) is 7.35. The van der Waals surface area contributed by atoms with Crippen LogP contribution in [0.3, 0.4) is 0 Å². The summed E-state index contributed by atoms with van der Waals surface area (Å²) in [5.41, 5.74) is 2.25. The first kappa shape index (κ1) is 15.2. The molecule has 4 heteroatoms. The van der Waals surface area contributed by atoms with Crippen LogP contribution >= 0.6 is 0 Å². The van der Waals surface area contributed by atoms with E-state index in [2.05, 4.69) is 9.97 Å². The molecule has 0 radical (unpaired) electrons. The van der Waals surface area contributed by atoms with E-state index >= 15 is 0 Å². The summed E-state index contributed by atoms with van der Waals surface area (Å²) in [5.74, 6) is 0.818. The van der Waals surface area contributed by atoms with Crippen LogP contribution in [0.4, 0.5) is 0 Å². The van der Waals surface area contributed by atoms with Gasteiger partial charge in [-0.2, -0.15) is 0 Å². The molecule has 1 atom stereocenters. The molecule has 3 rings (SSSR count). The predicted octanol–water partition coefficient (Wildman–Crippen LogP) is 3.41. The number of nitrogens with zero attached hydrogens (tertiary/aromatic N) is 2. The van der Waals surface area contributed by atoms with Gasteiger partial charge >= 0.3 is 0 Å². The fourth-order valence-corrected chi connectivity index (χ4v) is 2.46. The standard InChI is InChI=1S/C19H18N2O2/c1-19(22,16-9-11-20-12-10-16)18-8-5-15(13-21-18)14-3-6-17(23-2)7-4-14/h3-13,22H,1-2H3/t19-/m0/s1. The van der Waals surface area contributed by atoms with Crippen LogP contribution in [0.15, 0.2) is 67.1 Å². The Morgan fingerprint density at radius 2 is 1.57 bits per heavy atom. The quantitative estimate of drug-likeness (QED) is 0.802. The van der Waals surface area contributed by atoms with Crippen LogP contribution < -0.4 is 4.74 Å². The lowest BCUT2D eigenvalue weighted by Crippen LogP contribution is -2.24. The summed E-state index contributed by atoms with van der Waals surface area (Å²) in [4.78, 5) is 8.42. The first-order valence-corrected chi connectivity index (χ1v) is 7.35. The van der Waals surface area contributed by atoms with Crippen molar-refractivity contribution >= 4 is 0 Å². The molecule has 0 saturated carbocycles. The second kappa shape index (κ2) is 6.18. The van der Waals surface area contributed by atoms with Gasteiger partial charge in [0.15, 0.2) is 0 Å². The van der Waals surface area contributed by atoms with Crippen molar-refractivity contribution in [3.63, 3.8) is 0 Å². The highest BCUT2D eigenvalue weighted by atomic mass is 16.5. The van der Waals surface area contributed by atoms with Gasteiger partial charge in [-0.3, -0.25) is 9.97 Å². The zero-order valence-corrected chi connectivity index (χ0v) is 13.1. The van der Waals surface area contributed by atoms with Crippen molar-refractivity contribution in [1.29, 1.82) is 0 Å². The van der Waals surface area contributed by atoms with Crippen LogP contribution in [0.5, 0.6) is 5.75 Å². The first-order chi connectivity index (χ1) is 11.1. The van der Waals surface area contributed by atoms with E-state index in [1.165, 1.54) is 0 Å².